The van der Waals surface area contributed by atoms with Crippen LogP contribution in [0.15, 0.2) is 42.7 Å². The maximum Gasteiger partial charge on any atom is 0.119 e. The van der Waals surface area contributed by atoms with Crippen LogP contribution in [0, 0.1) is 0 Å². The molecule has 0 saturated carbocycles. The molecule has 0 aliphatic heterocycles. The average molecular weight is 305 g/mol. The van der Waals surface area contributed by atoms with E-state index in [-0.39, 0.29) is 0 Å². The Morgan fingerprint density at radius 3 is 2.67 bits per heavy atom. The summed E-state index contributed by atoms with van der Waals surface area (Å²) in [4.78, 5) is 3.96. The lowest BCUT2D eigenvalue weighted by Gasteiger charge is -2.13. The molecule has 1 aromatic heterocycles. The molecule has 0 fully saturated rings. The van der Waals surface area contributed by atoms with E-state index in [4.69, 9.17) is 16.3 Å². The zero-order chi connectivity index (χ0) is 15.1. The number of halogens is 1. The second kappa shape index (κ2) is 8.01. The summed E-state index contributed by atoms with van der Waals surface area (Å²) in [6.45, 7) is 5.76. The molecule has 2 rings (SSSR count). The minimum atomic E-state index is 0.453. The van der Waals surface area contributed by atoms with Crippen LogP contribution in [0.2, 0.25) is 5.02 Å². The fourth-order valence-corrected chi connectivity index (χ4v) is 2.35. The van der Waals surface area contributed by atoms with E-state index in [9.17, 15) is 0 Å². The first-order valence-corrected chi connectivity index (χ1v) is 7.60. The van der Waals surface area contributed by atoms with Gasteiger partial charge in [-0.3, -0.25) is 4.98 Å². The van der Waals surface area contributed by atoms with Crippen molar-refractivity contribution in [1.29, 1.82) is 0 Å². The third-order valence-corrected chi connectivity index (χ3v) is 3.61. The van der Waals surface area contributed by atoms with Gasteiger partial charge in [0.05, 0.1) is 5.02 Å². The van der Waals surface area contributed by atoms with Crippen molar-refractivity contribution in [3.63, 3.8) is 0 Å². The van der Waals surface area contributed by atoms with Crippen molar-refractivity contribution in [1.82, 2.24) is 10.3 Å². The van der Waals surface area contributed by atoms with Gasteiger partial charge in [-0.2, -0.15) is 0 Å². The topological polar surface area (TPSA) is 34.1 Å². The van der Waals surface area contributed by atoms with Crippen LogP contribution >= 0.6 is 11.6 Å². The van der Waals surface area contributed by atoms with Gasteiger partial charge in [-0.25, -0.2) is 0 Å². The third-order valence-electron chi connectivity index (χ3n) is 3.27. The summed E-state index contributed by atoms with van der Waals surface area (Å²) in [5.41, 5.74) is 2.24. The fourth-order valence-electron chi connectivity index (χ4n) is 2.18. The van der Waals surface area contributed by atoms with Gasteiger partial charge in [0.25, 0.3) is 0 Å². The molecule has 0 bridgehead atoms. The predicted octanol–water partition coefficient (Wildman–Crippen LogP) is 3.85. The average Bonchev–Trinajstić information content (AvgIpc) is 2.48. The van der Waals surface area contributed by atoms with Gasteiger partial charge in [0.15, 0.2) is 0 Å². The summed E-state index contributed by atoms with van der Waals surface area (Å²) in [6, 6.07) is 10.6. The first kappa shape index (κ1) is 15.8. The standard InChI is InChI=1S/C17H21ClN2O/c1-3-20-13(2)10-14-4-6-16(7-5-14)21-12-15-8-9-19-11-17(15)18/h4-9,11,13,20H,3,10,12H2,1-2H3. The Morgan fingerprint density at radius 1 is 1.24 bits per heavy atom. The second-order valence-electron chi connectivity index (χ2n) is 5.06. The molecular weight excluding hydrogens is 284 g/mol. The number of nitrogens with one attached hydrogen (secondary N) is 1. The molecule has 0 radical (unpaired) electrons. The molecule has 1 aromatic carbocycles. The van der Waals surface area contributed by atoms with Crippen LogP contribution in [0.3, 0.4) is 0 Å². The van der Waals surface area contributed by atoms with Gasteiger partial charge in [0, 0.05) is 24.0 Å². The van der Waals surface area contributed by atoms with Crippen molar-refractivity contribution in [3.05, 3.63) is 58.9 Å². The van der Waals surface area contributed by atoms with Gasteiger partial charge in [-0.05, 0) is 43.7 Å². The van der Waals surface area contributed by atoms with Gasteiger partial charge in [-0.15, -0.1) is 0 Å². The maximum atomic E-state index is 6.05. The number of likely N-dealkylation sites (N-methyl/N-ethyl adjacent to an activating group) is 1. The molecule has 0 aliphatic carbocycles. The highest BCUT2D eigenvalue weighted by molar-refractivity contribution is 6.31. The van der Waals surface area contributed by atoms with Crippen LogP contribution in [0.4, 0.5) is 0 Å². The van der Waals surface area contributed by atoms with Crippen molar-refractivity contribution in [2.45, 2.75) is 32.9 Å². The van der Waals surface area contributed by atoms with E-state index in [1.807, 2.05) is 18.2 Å². The van der Waals surface area contributed by atoms with Gasteiger partial charge < -0.3 is 10.1 Å². The highest BCUT2D eigenvalue weighted by atomic mass is 35.5. The summed E-state index contributed by atoms with van der Waals surface area (Å²) in [6.07, 6.45) is 4.37. The summed E-state index contributed by atoms with van der Waals surface area (Å²) in [5.74, 6) is 0.850. The summed E-state index contributed by atoms with van der Waals surface area (Å²) in [7, 11) is 0. The highest BCUT2D eigenvalue weighted by Crippen LogP contribution is 2.18. The van der Waals surface area contributed by atoms with Crippen molar-refractivity contribution in [3.8, 4) is 5.75 Å². The Balaban J connectivity index is 1.89. The molecule has 0 spiro atoms. The van der Waals surface area contributed by atoms with Gasteiger partial charge in [-0.1, -0.05) is 30.7 Å². The third kappa shape index (κ3) is 5.03. The molecule has 0 aliphatic rings. The van der Waals surface area contributed by atoms with Gasteiger partial charge in [0.1, 0.15) is 12.4 Å². The highest BCUT2D eigenvalue weighted by Gasteiger charge is 2.03. The molecular formula is C17H21ClN2O. The van der Waals surface area contributed by atoms with Crippen molar-refractivity contribution in [2.24, 2.45) is 0 Å². The smallest absolute Gasteiger partial charge is 0.119 e. The molecule has 1 unspecified atom stereocenters. The van der Waals surface area contributed by atoms with Gasteiger partial charge >= 0.3 is 0 Å². The summed E-state index contributed by atoms with van der Waals surface area (Å²) in [5, 5.41) is 4.04. The van der Waals surface area contributed by atoms with Crippen LogP contribution in [0.25, 0.3) is 0 Å². The number of nitrogens with zero attached hydrogens (tertiary/aromatic N) is 1. The SMILES string of the molecule is CCNC(C)Cc1ccc(OCc2ccncc2Cl)cc1. The molecule has 3 nitrogen and oxygen atoms in total. The largest absolute Gasteiger partial charge is 0.489 e. The van der Waals surface area contributed by atoms with E-state index in [1.54, 1.807) is 12.4 Å². The van der Waals surface area contributed by atoms with E-state index in [0.29, 0.717) is 17.7 Å². The monoisotopic (exact) mass is 304 g/mol. The lowest BCUT2D eigenvalue weighted by atomic mass is 10.1. The van der Waals surface area contributed by atoms with Gasteiger partial charge in [0.2, 0.25) is 0 Å². The fraction of sp³-hybridized carbons (Fsp3) is 0.353. The van der Waals surface area contributed by atoms with Crippen LogP contribution in [-0.2, 0) is 13.0 Å². The Morgan fingerprint density at radius 2 is 2.00 bits per heavy atom. The molecule has 1 N–H and O–H groups in total. The zero-order valence-electron chi connectivity index (χ0n) is 12.5. The molecule has 2 aromatic rings. The second-order valence-corrected chi connectivity index (χ2v) is 5.47. The Labute approximate surface area is 131 Å². The first-order chi connectivity index (χ1) is 10.2. The maximum absolute atomic E-state index is 6.05. The summed E-state index contributed by atoms with van der Waals surface area (Å²) < 4.78 is 5.75. The van der Waals surface area contributed by atoms with Crippen LogP contribution in [0.5, 0.6) is 5.75 Å². The van der Waals surface area contributed by atoms with E-state index < -0.39 is 0 Å². The number of ether oxygens (including phenoxy) is 1. The minimum Gasteiger partial charge on any atom is -0.489 e. The number of benzene rings is 1. The number of rotatable bonds is 7. The quantitative estimate of drug-likeness (QED) is 0.843. The van der Waals surface area contributed by atoms with Crippen molar-refractivity contribution in [2.75, 3.05) is 6.54 Å². The lowest BCUT2D eigenvalue weighted by molar-refractivity contribution is 0.306. The van der Waals surface area contributed by atoms with Crippen LogP contribution in [0.1, 0.15) is 25.0 Å². The minimum absolute atomic E-state index is 0.453. The molecule has 4 heteroatoms. The van der Waals surface area contributed by atoms with E-state index >= 15 is 0 Å². The molecule has 1 heterocycles. The molecule has 1 atom stereocenters. The normalized spacial score (nSPS) is 12.1. The molecule has 0 amide bonds. The first-order valence-electron chi connectivity index (χ1n) is 7.22. The van der Waals surface area contributed by atoms with Crippen molar-refractivity contribution < 1.29 is 4.74 Å². The lowest BCUT2D eigenvalue weighted by Crippen LogP contribution is -2.27. The van der Waals surface area contributed by atoms with E-state index in [1.165, 1.54) is 5.56 Å². The Hall–Kier alpha value is -1.58. The van der Waals surface area contributed by atoms with Crippen LogP contribution in [-0.4, -0.2) is 17.6 Å². The van der Waals surface area contributed by atoms with E-state index in [0.717, 1.165) is 24.3 Å². The molecule has 112 valence electrons. The van der Waals surface area contributed by atoms with Crippen LogP contribution < -0.4 is 10.1 Å². The Bertz CT molecular complexity index is 557. The van der Waals surface area contributed by atoms with Crippen molar-refractivity contribution >= 4 is 11.6 Å². The summed E-state index contributed by atoms with van der Waals surface area (Å²) >= 11 is 6.05. The van der Waals surface area contributed by atoms with E-state index in [2.05, 4.69) is 36.3 Å². The number of pyridine rings is 1. The Kier molecular flexibility index (Phi) is 6.03. The zero-order valence-corrected chi connectivity index (χ0v) is 13.2. The molecule has 21 heavy (non-hydrogen) atoms. The number of hydrogen-bond donors (Lipinski definition) is 1. The number of aromatic nitrogens is 1. The number of hydrogen-bond acceptors (Lipinski definition) is 3. The molecule has 0 saturated heterocycles. The predicted molar refractivity (Wildman–Crippen MR) is 86.9 cm³/mol.